The second-order valence-electron chi connectivity index (χ2n) is 7.67. The van der Waals surface area contributed by atoms with Crippen LogP contribution >= 0.6 is 0 Å². The highest BCUT2D eigenvalue weighted by molar-refractivity contribution is 5.46. The van der Waals surface area contributed by atoms with Crippen LogP contribution in [0, 0.1) is 22.7 Å². The van der Waals surface area contributed by atoms with Crippen molar-refractivity contribution < 1.29 is 28.7 Å². The van der Waals surface area contributed by atoms with Gasteiger partial charge in [-0.1, -0.05) is 0 Å². The van der Waals surface area contributed by atoms with Crippen LogP contribution in [0.5, 0.6) is 23.0 Å². The molecule has 0 aromatic heterocycles. The number of ether oxygens (including phenoxy) is 4. The lowest BCUT2D eigenvalue weighted by molar-refractivity contribution is -1.03. The summed E-state index contributed by atoms with van der Waals surface area (Å²) < 4.78 is 21.7. The molecule has 2 aromatic rings. The molecule has 0 spiro atoms. The molecule has 8 heteroatoms. The van der Waals surface area contributed by atoms with Crippen LogP contribution in [0.4, 0.5) is 0 Å². The van der Waals surface area contributed by atoms with E-state index in [0.717, 1.165) is 48.8 Å². The Morgan fingerprint density at radius 1 is 0.633 bits per heavy atom. The van der Waals surface area contributed by atoms with E-state index in [1.54, 1.807) is 0 Å². The van der Waals surface area contributed by atoms with Gasteiger partial charge in [-0.15, -0.1) is 0 Å². The number of nitriles is 2. The number of piperazine rings is 1. The minimum absolute atomic E-state index is 0.223. The summed E-state index contributed by atoms with van der Waals surface area (Å²) >= 11 is 0. The lowest BCUT2D eigenvalue weighted by Gasteiger charge is -2.34. The van der Waals surface area contributed by atoms with Crippen molar-refractivity contribution in [1.82, 2.24) is 0 Å². The maximum Gasteiger partial charge on any atom is 0.231 e. The third kappa shape index (κ3) is 3.26. The van der Waals surface area contributed by atoms with E-state index in [-0.39, 0.29) is 25.7 Å². The molecular formula is C22H22N4O4+2. The molecule has 8 nitrogen and oxygen atoms in total. The standard InChI is InChI=1S/C22H20N4O4/c23-11-17(15-1-3-19-21(9-15)29-13-27-19)25-5-7-26(8-6-25)18(12-24)16-2-4-20-22(10-16)30-14-28-20/h1-4,9-10,17-18H,5-8,13-14H2/p+2/t17-,18+. The Morgan fingerprint density at radius 3 is 1.43 bits per heavy atom. The van der Waals surface area contributed by atoms with Crippen LogP contribution in [-0.4, -0.2) is 39.8 Å². The predicted molar refractivity (Wildman–Crippen MR) is 103 cm³/mol. The second kappa shape index (κ2) is 7.75. The van der Waals surface area contributed by atoms with E-state index in [0.29, 0.717) is 11.5 Å². The highest BCUT2D eigenvalue weighted by Gasteiger charge is 2.35. The van der Waals surface area contributed by atoms with E-state index < -0.39 is 0 Å². The van der Waals surface area contributed by atoms with Crippen molar-refractivity contribution in [3.8, 4) is 35.1 Å². The number of hydrogen-bond donors (Lipinski definition) is 2. The molecular weight excluding hydrogens is 384 g/mol. The largest absolute Gasteiger partial charge is 0.454 e. The number of rotatable bonds is 4. The molecule has 1 saturated heterocycles. The molecule has 3 aliphatic heterocycles. The summed E-state index contributed by atoms with van der Waals surface area (Å²) in [5.74, 6) is 2.84. The monoisotopic (exact) mass is 406 g/mol. The van der Waals surface area contributed by atoms with E-state index in [2.05, 4.69) is 12.1 Å². The van der Waals surface area contributed by atoms with Crippen molar-refractivity contribution in [2.75, 3.05) is 39.8 Å². The van der Waals surface area contributed by atoms with Gasteiger partial charge in [-0.3, -0.25) is 0 Å². The Bertz CT molecular complexity index is 953. The highest BCUT2D eigenvalue weighted by atomic mass is 16.7. The van der Waals surface area contributed by atoms with Gasteiger partial charge in [0.1, 0.15) is 38.3 Å². The van der Waals surface area contributed by atoms with Gasteiger partial charge < -0.3 is 28.7 Å². The van der Waals surface area contributed by atoms with Crippen LogP contribution in [0.2, 0.25) is 0 Å². The summed E-state index contributed by atoms with van der Waals surface area (Å²) in [6, 6.07) is 15.8. The summed E-state index contributed by atoms with van der Waals surface area (Å²) in [5.41, 5.74) is 1.88. The first kappa shape index (κ1) is 18.6. The van der Waals surface area contributed by atoms with Gasteiger partial charge in [0.25, 0.3) is 0 Å². The van der Waals surface area contributed by atoms with Gasteiger partial charge in [0.2, 0.25) is 25.7 Å². The summed E-state index contributed by atoms with van der Waals surface area (Å²) in [4.78, 5) is 2.42. The Labute approximate surface area is 174 Å². The Hall–Kier alpha value is -3.46. The van der Waals surface area contributed by atoms with Gasteiger partial charge in [0.05, 0.1) is 0 Å². The van der Waals surface area contributed by atoms with Gasteiger partial charge in [-0.05, 0) is 36.4 Å². The van der Waals surface area contributed by atoms with Crippen LogP contribution in [0.3, 0.4) is 0 Å². The molecule has 0 amide bonds. The molecule has 30 heavy (non-hydrogen) atoms. The van der Waals surface area contributed by atoms with Crippen LogP contribution in [0.1, 0.15) is 23.2 Å². The van der Waals surface area contributed by atoms with E-state index in [1.807, 2.05) is 36.4 Å². The molecule has 3 aliphatic rings. The van der Waals surface area contributed by atoms with E-state index in [1.165, 1.54) is 9.80 Å². The number of benzene rings is 2. The summed E-state index contributed by atoms with van der Waals surface area (Å²) in [5, 5.41) is 19.7. The van der Waals surface area contributed by atoms with Crippen LogP contribution in [-0.2, 0) is 0 Å². The molecule has 1 fully saturated rings. The van der Waals surface area contributed by atoms with Gasteiger partial charge >= 0.3 is 0 Å². The average Bonchev–Trinajstić information content (AvgIpc) is 3.44. The Kier molecular flexibility index (Phi) is 4.80. The lowest BCUT2D eigenvalue weighted by Crippen LogP contribution is -3.28. The number of quaternary nitrogens is 2. The zero-order valence-corrected chi connectivity index (χ0v) is 16.4. The molecule has 0 radical (unpaired) electrons. The fourth-order valence-electron chi connectivity index (χ4n) is 4.46. The summed E-state index contributed by atoms with van der Waals surface area (Å²) in [6.45, 7) is 3.69. The number of fused-ring (bicyclic) bond motifs is 2. The zero-order chi connectivity index (χ0) is 20.5. The van der Waals surface area contributed by atoms with E-state index in [4.69, 9.17) is 18.9 Å². The van der Waals surface area contributed by atoms with E-state index >= 15 is 0 Å². The topological polar surface area (TPSA) is 93.4 Å². The Balaban J connectivity index is 1.28. The quantitative estimate of drug-likeness (QED) is 0.728. The van der Waals surface area contributed by atoms with Crippen molar-refractivity contribution in [3.63, 3.8) is 0 Å². The summed E-state index contributed by atoms with van der Waals surface area (Å²) in [7, 11) is 0. The lowest BCUT2D eigenvalue weighted by atomic mass is 10.0. The highest BCUT2D eigenvalue weighted by Crippen LogP contribution is 2.34. The van der Waals surface area contributed by atoms with Gasteiger partial charge in [0, 0.05) is 11.1 Å². The molecule has 0 bridgehead atoms. The third-order valence-corrected chi connectivity index (χ3v) is 6.07. The number of nitrogens with zero attached hydrogens (tertiary/aromatic N) is 2. The maximum atomic E-state index is 9.84. The number of hydrogen-bond acceptors (Lipinski definition) is 6. The normalized spacial score (nSPS) is 23.3. The Morgan fingerprint density at radius 2 is 1.03 bits per heavy atom. The molecule has 2 aromatic carbocycles. The first-order valence-electron chi connectivity index (χ1n) is 10.0. The third-order valence-electron chi connectivity index (χ3n) is 6.07. The van der Waals surface area contributed by atoms with Gasteiger partial charge in [-0.2, -0.15) is 10.5 Å². The van der Waals surface area contributed by atoms with Crippen molar-refractivity contribution in [2.45, 2.75) is 12.1 Å². The number of nitrogens with one attached hydrogen (secondary N) is 2. The SMILES string of the molecule is N#C[C@H](c1ccc2c(c1)OCO2)[NH+]1CC[NH+]([C@@H](C#N)c2ccc3c(c2)OCO3)CC1. The van der Waals surface area contributed by atoms with Gasteiger partial charge in [-0.25, -0.2) is 0 Å². The first-order chi connectivity index (χ1) is 14.8. The molecule has 5 rings (SSSR count). The second-order valence-corrected chi connectivity index (χ2v) is 7.67. The van der Waals surface area contributed by atoms with Crippen molar-refractivity contribution >= 4 is 0 Å². The molecule has 152 valence electrons. The summed E-state index contributed by atoms with van der Waals surface area (Å²) in [6.07, 6.45) is 0. The van der Waals surface area contributed by atoms with E-state index in [9.17, 15) is 10.5 Å². The molecule has 2 atom stereocenters. The minimum atomic E-state index is -0.271. The van der Waals surface area contributed by atoms with Crippen molar-refractivity contribution in [3.05, 3.63) is 47.5 Å². The molecule has 2 N–H and O–H groups in total. The molecule has 3 heterocycles. The predicted octanol–water partition coefficient (Wildman–Crippen LogP) is -0.243. The van der Waals surface area contributed by atoms with Crippen LogP contribution in [0.25, 0.3) is 0 Å². The fraction of sp³-hybridized carbons (Fsp3) is 0.364. The molecule has 0 saturated carbocycles. The van der Waals surface area contributed by atoms with Crippen molar-refractivity contribution in [2.24, 2.45) is 0 Å². The first-order valence-corrected chi connectivity index (χ1v) is 10.0. The van der Waals surface area contributed by atoms with Gasteiger partial charge in [0.15, 0.2) is 23.0 Å². The molecule has 0 unspecified atom stereocenters. The molecule has 0 aliphatic carbocycles. The zero-order valence-electron chi connectivity index (χ0n) is 16.4. The fourth-order valence-corrected chi connectivity index (χ4v) is 4.46. The van der Waals surface area contributed by atoms with Crippen LogP contribution < -0.4 is 28.7 Å². The van der Waals surface area contributed by atoms with Crippen LogP contribution in [0.15, 0.2) is 36.4 Å². The smallest absolute Gasteiger partial charge is 0.231 e. The van der Waals surface area contributed by atoms with Crippen molar-refractivity contribution in [1.29, 1.82) is 10.5 Å². The minimum Gasteiger partial charge on any atom is -0.454 e. The average molecular weight is 406 g/mol. The maximum absolute atomic E-state index is 9.84.